The van der Waals surface area contributed by atoms with Gasteiger partial charge in [0.05, 0.1) is 5.56 Å². The largest absolute Gasteiger partial charge is 0.367 e. The van der Waals surface area contributed by atoms with Crippen LogP contribution in [-0.4, -0.2) is 5.16 Å². The van der Waals surface area contributed by atoms with Gasteiger partial charge < -0.3 is 10.3 Å². The van der Waals surface area contributed by atoms with Gasteiger partial charge in [0.15, 0.2) is 0 Å². The Labute approximate surface area is 139 Å². The summed E-state index contributed by atoms with van der Waals surface area (Å²) in [5.41, 5.74) is 8.96. The van der Waals surface area contributed by atoms with Gasteiger partial charge >= 0.3 is 0 Å². The summed E-state index contributed by atoms with van der Waals surface area (Å²) in [7, 11) is 0. The Morgan fingerprint density at radius 2 is 1.67 bits per heavy atom. The average molecular weight is 384 g/mol. The average Bonchev–Trinajstić information content (AvgIpc) is 2.84. The molecule has 0 amide bonds. The second-order valence-electron chi connectivity index (χ2n) is 4.40. The van der Waals surface area contributed by atoms with Gasteiger partial charge in [-0.15, -0.1) is 0 Å². The summed E-state index contributed by atoms with van der Waals surface area (Å²) < 4.78 is 6.02. The highest BCUT2D eigenvalue weighted by Gasteiger charge is 2.19. The predicted molar refractivity (Wildman–Crippen MR) is 89.5 cm³/mol. The number of nitrogens with two attached hydrogens (primary N) is 1. The van der Waals surface area contributed by atoms with Gasteiger partial charge in [-0.1, -0.05) is 56.4 Å². The molecule has 1 heterocycles. The van der Waals surface area contributed by atoms with Crippen LogP contribution >= 0.6 is 39.1 Å². The van der Waals surface area contributed by atoms with E-state index < -0.39 is 0 Å². The number of hydrogen-bond donors (Lipinski definition) is 1. The Morgan fingerprint density at radius 1 is 1.00 bits per heavy atom. The van der Waals surface area contributed by atoms with E-state index in [1.54, 1.807) is 18.2 Å². The number of aromatic nitrogens is 1. The second kappa shape index (κ2) is 5.72. The molecule has 0 fully saturated rings. The van der Waals surface area contributed by atoms with Gasteiger partial charge in [0.2, 0.25) is 5.88 Å². The van der Waals surface area contributed by atoms with E-state index in [1.165, 1.54) is 0 Å². The molecular formula is C15H9BrCl2N2O. The maximum atomic E-state index is 6.06. The van der Waals surface area contributed by atoms with E-state index in [0.29, 0.717) is 15.7 Å². The maximum Gasteiger partial charge on any atom is 0.230 e. The maximum absolute atomic E-state index is 6.06. The minimum Gasteiger partial charge on any atom is -0.367 e. The van der Waals surface area contributed by atoms with Gasteiger partial charge in [-0.3, -0.25) is 0 Å². The molecular weight excluding hydrogens is 375 g/mol. The minimum atomic E-state index is 0.249. The molecule has 3 aromatic rings. The van der Waals surface area contributed by atoms with Crippen LogP contribution in [0.3, 0.4) is 0 Å². The molecule has 1 aromatic heterocycles. The number of nitrogen functional groups attached to an aromatic ring is 1. The van der Waals surface area contributed by atoms with Crippen molar-refractivity contribution in [3.63, 3.8) is 0 Å². The van der Waals surface area contributed by atoms with Crippen molar-refractivity contribution in [2.75, 3.05) is 5.73 Å². The third-order valence-corrected chi connectivity index (χ3v) is 4.21. The number of hydrogen-bond acceptors (Lipinski definition) is 3. The Morgan fingerprint density at radius 3 is 2.38 bits per heavy atom. The Kier molecular flexibility index (Phi) is 3.93. The molecule has 3 nitrogen and oxygen atoms in total. The molecule has 106 valence electrons. The van der Waals surface area contributed by atoms with E-state index in [-0.39, 0.29) is 5.88 Å². The van der Waals surface area contributed by atoms with Crippen molar-refractivity contribution < 1.29 is 4.52 Å². The molecule has 6 heteroatoms. The zero-order chi connectivity index (χ0) is 15.0. The van der Waals surface area contributed by atoms with Crippen LogP contribution in [0.25, 0.3) is 22.4 Å². The lowest BCUT2D eigenvalue weighted by atomic mass is 10.0. The molecule has 0 unspecified atom stereocenters. The first-order valence-electron chi connectivity index (χ1n) is 6.03. The molecule has 0 atom stereocenters. The van der Waals surface area contributed by atoms with Gasteiger partial charge in [-0.2, -0.15) is 0 Å². The Balaban J connectivity index is 2.21. The minimum absolute atomic E-state index is 0.249. The zero-order valence-corrected chi connectivity index (χ0v) is 13.7. The standard InChI is InChI=1S/C15H9BrCl2N2O/c16-12-6-5-10(18)7-11(12)14-13(15(19)21-20-14)8-1-3-9(17)4-2-8/h1-7H,19H2. The van der Waals surface area contributed by atoms with Crippen molar-refractivity contribution in [3.8, 4) is 22.4 Å². The molecule has 0 spiro atoms. The highest BCUT2D eigenvalue weighted by Crippen LogP contribution is 2.40. The molecule has 2 N–H and O–H groups in total. The molecule has 0 radical (unpaired) electrons. The van der Waals surface area contributed by atoms with E-state index in [4.69, 9.17) is 33.5 Å². The van der Waals surface area contributed by atoms with Crippen molar-refractivity contribution in [1.82, 2.24) is 5.16 Å². The molecule has 0 saturated heterocycles. The fourth-order valence-electron chi connectivity index (χ4n) is 2.06. The van der Waals surface area contributed by atoms with Gasteiger partial charge in [-0.05, 0) is 35.9 Å². The number of anilines is 1. The molecule has 0 bridgehead atoms. The van der Waals surface area contributed by atoms with Crippen LogP contribution in [0.5, 0.6) is 0 Å². The van der Waals surface area contributed by atoms with Crippen molar-refractivity contribution in [2.45, 2.75) is 0 Å². The Bertz CT molecular complexity index is 800. The molecule has 2 aromatic carbocycles. The van der Waals surface area contributed by atoms with E-state index >= 15 is 0 Å². The van der Waals surface area contributed by atoms with Gasteiger partial charge in [0.25, 0.3) is 0 Å². The summed E-state index contributed by atoms with van der Waals surface area (Å²) in [6.07, 6.45) is 0. The van der Waals surface area contributed by atoms with Gasteiger partial charge in [-0.25, -0.2) is 0 Å². The van der Waals surface area contributed by atoms with Gasteiger partial charge in [0, 0.05) is 20.1 Å². The number of nitrogens with zero attached hydrogens (tertiary/aromatic N) is 1. The van der Waals surface area contributed by atoms with Crippen LogP contribution in [0, 0.1) is 0 Å². The predicted octanol–water partition coefficient (Wildman–Crippen LogP) is 5.66. The summed E-state index contributed by atoms with van der Waals surface area (Å²) in [4.78, 5) is 0. The summed E-state index contributed by atoms with van der Waals surface area (Å²) in [6, 6.07) is 12.8. The summed E-state index contributed by atoms with van der Waals surface area (Å²) in [6.45, 7) is 0. The van der Waals surface area contributed by atoms with Crippen molar-refractivity contribution >= 4 is 45.0 Å². The normalized spacial score (nSPS) is 10.8. The topological polar surface area (TPSA) is 52.0 Å². The lowest BCUT2D eigenvalue weighted by molar-refractivity contribution is 0.439. The van der Waals surface area contributed by atoms with E-state index in [0.717, 1.165) is 21.2 Å². The fourth-order valence-corrected chi connectivity index (χ4v) is 2.79. The third kappa shape index (κ3) is 2.79. The van der Waals surface area contributed by atoms with E-state index in [2.05, 4.69) is 21.1 Å². The number of halogens is 3. The smallest absolute Gasteiger partial charge is 0.230 e. The zero-order valence-electron chi connectivity index (χ0n) is 10.6. The molecule has 0 saturated carbocycles. The highest BCUT2D eigenvalue weighted by molar-refractivity contribution is 9.10. The van der Waals surface area contributed by atoms with Crippen LogP contribution in [0.1, 0.15) is 0 Å². The van der Waals surface area contributed by atoms with Gasteiger partial charge in [0.1, 0.15) is 5.69 Å². The summed E-state index contributed by atoms with van der Waals surface area (Å²) >= 11 is 15.5. The molecule has 0 aliphatic heterocycles. The molecule has 21 heavy (non-hydrogen) atoms. The van der Waals surface area contributed by atoms with Crippen LogP contribution in [0.15, 0.2) is 51.5 Å². The second-order valence-corrected chi connectivity index (χ2v) is 6.13. The molecule has 0 aliphatic carbocycles. The SMILES string of the molecule is Nc1onc(-c2cc(Cl)ccc2Br)c1-c1ccc(Cl)cc1. The summed E-state index contributed by atoms with van der Waals surface area (Å²) in [5, 5.41) is 5.33. The first-order chi connectivity index (χ1) is 10.1. The van der Waals surface area contributed by atoms with Crippen LogP contribution in [0.2, 0.25) is 10.0 Å². The highest BCUT2D eigenvalue weighted by atomic mass is 79.9. The van der Waals surface area contributed by atoms with Crippen molar-refractivity contribution in [3.05, 3.63) is 57.0 Å². The molecule has 0 aliphatic rings. The monoisotopic (exact) mass is 382 g/mol. The summed E-state index contributed by atoms with van der Waals surface area (Å²) in [5.74, 6) is 0.249. The van der Waals surface area contributed by atoms with Crippen molar-refractivity contribution in [1.29, 1.82) is 0 Å². The third-order valence-electron chi connectivity index (χ3n) is 3.03. The van der Waals surface area contributed by atoms with E-state index in [9.17, 15) is 0 Å². The first kappa shape index (κ1) is 14.4. The van der Waals surface area contributed by atoms with Crippen LogP contribution in [0.4, 0.5) is 5.88 Å². The first-order valence-corrected chi connectivity index (χ1v) is 7.57. The lowest BCUT2D eigenvalue weighted by Gasteiger charge is -2.05. The number of rotatable bonds is 2. The van der Waals surface area contributed by atoms with Crippen LogP contribution < -0.4 is 5.73 Å². The molecule has 3 rings (SSSR count). The quantitative estimate of drug-likeness (QED) is 0.621. The van der Waals surface area contributed by atoms with Crippen LogP contribution in [-0.2, 0) is 0 Å². The lowest BCUT2D eigenvalue weighted by Crippen LogP contribution is -1.88. The number of benzene rings is 2. The fraction of sp³-hybridized carbons (Fsp3) is 0. The Hall–Kier alpha value is -1.49. The van der Waals surface area contributed by atoms with Crippen molar-refractivity contribution in [2.24, 2.45) is 0 Å². The van der Waals surface area contributed by atoms with E-state index in [1.807, 2.05) is 24.3 Å².